The lowest BCUT2D eigenvalue weighted by Gasteiger charge is -2.01. The SMILES string of the molecule is Cn1c(C=NNC(=O)c2ccccc2Br)nc2ccccc21. The Labute approximate surface area is 135 Å². The second-order valence-corrected chi connectivity index (χ2v) is 5.55. The van der Waals surface area contributed by atoms with Crippen LogP contribution in [0.3, 0.4) is 0 Å². The first-order valence-electron chi connectivity index (χ1n) is 6.66. The van der Waals surface area contributed by atoms with Crippen molar-refractivity contribution < 1.29 is 4.79 Å². The zero-order chi connectivity index (χ0) is 15.5. The van der Waals surface area contributed by atoms with Gasteiger partial charge in [0.2, 0.25) is 0 Å². The van der Waals surface area contributed by atoms with E-state index in [0.29, 0.717) is 11.4 Å². The van der Waals surface area contributed by atoms with Crippen LogP contribution in [0.25, 0.3) is 11.0 Å². The van der Waals surface area contributed by atoms with E-state index in [9.17, 15) is 4.79 Å². The normalized spacial score (nSPS) is 11.2. The fourth-order valence-electron chi connectivity index (χ4n) is 2.13. The molecule has 2 aromatic carbocycles. The van der Waals surface area contributed by atoms with E-state index in [4.69, 9.17) is 0 Å². The van der Waals surface area contributed by atoms with Gasteiger partial charge in [-0.25, -0.2) is 10.4 Å². The monoisotopic (exact) mass is 356 g/mol. The van der Waals surface area contributed by atoms with Crippen molar-refractivity contribution in [2.75, 3.05) is 0 Å². The van der Waals surface area contributed by atoms with E-state index in [-0.39, 0.29) is 5.91 Å². The van der Waals surface area contributed by atoms with Gasteiger partial charge in [0.1, 0.15) is 0 Å². The highest BCUT2D eigenvalue weighted by atomic mass is 79.9. The molecule has 1 aromatic heterocycles. The Kier molecular flexibility index (Phi) is 4.02. The molecule has 0 aliphatic heterocycles. The minimum atomic E-state index is -0.275. The van der Waals surface area contributed by atoms with E-state index in [1.165, 1.54) is 6.21 Å². The van der Waals surface area contributed by atoms with Gasteiger partial charge < -0.3 is 4.57 Å². The van der Waals surface area contributed by atoms with Crippen LogP contribution in [-0.2, 0) is 7.05 Å². The van der Waals surface area contributed by atoms with Gasteiger partial charge in [-0.2, -0.15) is 5.10 Å². The van der Waals surface area contributed by atoms with Crippen LogP contribution in [0.4, 0.5) is 0 Å². The largest absolute Gasteiger partial charge is 0.326 e. The van der Waals surface area contributed by atoms with Crippen molar-refractivity contribution in [1.29, 1.82) is 0 Å². The van der Waals surface area contributed by atoms with Crippen molar-refractivity contribution in [2.45, 2.75) is 0 Å². The summed E-state index contributed by atoms with van der Waals surface area (Å²) in [5, 5.41) is 3.99. The number of aryl methyl sites for hydroxylation is 1. The number of rotatable bonds is 3. The van der Waals surface area contributed by atoms with Gasteiger partial charge in [0.15, 0.2) is 5.82 Å². The number of carbonyl (C=O) groups is 1. The van der Waals surface area contributed by atoms with E-state index in [0.717, 1.165) is 15.5 Å². The third kappa shape index (κ3) is 2.78. The van der Waals surface area contributed by atoms with Gasteiger partial charge in [0.05, 0.1) is 22.8 Å². The summed E-state index contributed by atoms with van der Waals surface area (Å²) >= 11 is 3.34. The Morgan fingerprint density at radius 2 is 1.95 bits per heavy atom. The summed E-state index contributed by atoms with van der Waals surface area (Å²) in [7, 11) is 1.91. The van der Waals surface area contributed by atoms with Crippen molar-refractivity contribution in [3.8, 4) is 0 Å². The second-order valence-electron chi connectivity index (χ2n) is 4.70. The molecule has 0 aliphatic rings. The van der Waals surface area contributed by atoms with Crippen LogP contribution in [0.2, 0.25) is 0 Å². The zero-order valence-electron chi connectivity index (χ0n) is 11.8. The predicted octanol–water partition coefficient (Wildman–Crippen LogP) is 3.10. The molecule has 3 aromatic rings. The molecule has 0 unspecified atom stereocenters. The van der Waals surface area contributed by atoms with Crippen LogP contribution >= 0.6 is 15.9 Å². The Bertz CT molecular complexity index is 869. The zero-order valence-corrected chi connectivity index (χ0v) is 13.4. The summed E-state index contributed by atoms with van der Waals surface area (Å²) in [5.41, 5.74) is 4.95. The average Bonchev–Trinajstić information content (AvgIpc) is 2.84. The van der Waals surface area contributed by atoms with Crippen LogP contribution < -0.4 is 5.43 Å². The first-order chi connectivity index (χ1) is 10.7. The van der Waals surface area contributed by atoms with Gasteiger partial charge in [-0.05, 0) is 40.2 Å². The van der Waals surface area contributed by atoms with E-state index in [1.807, 2.05) is 48.0 Å². The molecule has 0 fully saturated rings. The van der Waals surface area contributed by atoms with Crippen molar-refractivity contribution in [3.05, 3.63) is 64.4 Å². The molecule has 22 heavy (non-hydrogen) atoms. The molecule has 3 rings (SSSR count). The first-order valence-corrected chi connectivity index (χ1v) is 7.45. The van der Waals surface area contributed by atoms with E-state index < -0.39 is 0 Å². The number of hydrazone groups is 1. The molecule has 1 amide bonds. The van der Waals surface area contributed by atoms with Crippen LogP contribution in [0.15, 0.2) is 58.1 Å². The highest BCUT2D eigenvalue weighted by molar-refractivity contribution is 9.10. The van der Waals surface area contributed by atoms with Gasteiger partial charge in [-0.15, -0.1) is 0 Å². The second kappa shape index (κ2) is 6.11. The summed E-state index contributed by atoms with van der Waals surface area (Å²) in [5.74, 6) is 0.399. The number of aromatic nitrogens is 2. The fourth-order valence-corrected chi connectivity index (χ4v) is 2.60. The summed E-state index contributed by atoms with van der Waals surface area (Å²) in [6.45, 7) is 0. The van der Waals surface area contributed by atoms with Crippen LogP contribution in [0.1, 0.15) is 16.2 Å². The van der Waals surface area contributed by atoms with Crippen LogP contribution in [-0.4, -0.2) is 21.7 Å². The summed E-state index contributed by atoms with van der Waals surface area (Å²) in [6.07, 6.45) is 1.54. The van der Waals surface area contributed by atoms with Gasteiger partial charge in [0, 0.05) is 11.5 Å². The van der Waals surface area contributed by atoms with Crippen LogP contribution in [0.5, 0.6) is 0 Å². The highest BCUT2D eigenvalue weighted by Gasteiger charge is 2.08. The molecule has 0 saturated heterocycles. The molecule has 0 radical (unpaired) electrons. The topological polar surface area (TPSA) is 59.3 Å². The number of imidazole rings is 1. The quantitative estimate of drug-likeness (QED) is 0.579. The number of amides is 1. The third-order valence-electron chi connectivity index (χ3n) is 3.29. The lowest BCUT2D eigenvalue weighted by molar-refractivity contribution is 0.0954. The van der Waals surface area contributed by atoms with Crippen LogP contribution in [0, 0.1) is 0 Å². The maximum absolute atomic E-state index is 12.0. The summed E-state index contributed by atoms with van der Waals surface area (Å²) in [6, 6.07) is 15.0. The van der Waals surface area contributed by atoms with Gasteiger partial charge >= 0.3 is 0 Å². The van der Waals surface area contributed by atoms with E-state index in [1.54, 1.807) is 12.1 Å². The highest BCUT2D eigenvalue weighted by Crippen LogP contribution is 2.15. The van der Waals surface area contributed by atoms with Crippen molar-refractivity contribution in [2.24, 2.45) is 12.1 Å². The molecule has 110 valence electrons. The third-order valence-corrected chi connectivity index (χ3v) is 3.98. The first kappa shape index (κ1) is 14.5. The Balaban J connectivity index is 1.78. The molecule has 0 aliphatic carbocycles. The molecular weight excluding hydrogens is 344 g/mol. The lowest BCUT2D eigenvalue weighted by Crippen LogP contribution is -2.18. The Hall–Kier alpha value is -2.47. The number of hydrogen-bond donors (Lipinski definition) is 1. The Morgan fingerprint density at radius 1 is 1.23 bits per heavy atom. The maximum atomic E-state index is 12.0. The molecule has 0 bridgehead atoms. The molecule has 6 heteroatoms. The maximum Gasteiger partial charge on any atom is 0.272 e. The average molecular weight is 357 g/mol. The van der Waals surface area contributed by atoms with Crippen molar-refractivity contribution >= 4 is 39.1 Å². The number of para-hydroxylation sites is 2. The standard InChI is InChI=1S/C16H13BrN4O/c1-21-14-9-5-4-8-13(14)19-15(21)10-18-20-16(22)11-6-2-3-7-12(11)17/h2-10H,1H3,(H,20,22). The van der Waals surface area contributed by atoms with Gasteiger partial charge in [-0.1, -0.05) is 24.3 Å². The van der Waals surface area contributed by atoms with Gasteiger partial charge in [0.25, 0.3) is 5.91 Å². The van der Waals surface area contributed by atoms with Crippen molar-refractivity contribution in [1.82, 2.24) is 15.0 Å². The molecule has 0 spiro atoms. The number of fused-ring (bicyclic) bond motifs is 1. The molecular formula is C16H13BrN4O. The number of halogens is 1. The smallest absolute Gasteiger partial charge is 0.272 e. The van der Waals surface area contributed by atoms with E-state index >= 15 is 0 Å². The number of nitrogens with zero attached hydrogens (tertiary/aromatic N) is 3. The number of nitrogens with one attached hydrogen (secondary N) is 1. The molecule has 1 heterocycles. The number of hydrogen-bond acceptors (Lipinski definition) is 3. The lowest BCUT2D eigenvalue weighted by atomic mass is 10.2. The van der Waals surface area contributed by atoms with Crippen molar-refractivity contribution in [3.63, 3.8) is 0 Å². The Morgan fingerprint density at radius 3 is 2.73 bits per heavy atom. The number of benzene rings is 2. The number of carbonyl (C=O) groups excluding carboxylic acids is 1. The molecule has 5 nitrogen and oxygen atoms in total. The summed E-state index contributed by atoms with van der Waals surface area (Å²) in [4.78, 5) is 16.5. The molecule has 0 saturated carbocycles. The molecule has 1 N–H and O–H groups in total. The predicted molar refractivity (Wildman–Crippen MR) is 89.9 cm³/mol. The van der Waals surface area contributed by atoms with Gasteiger partial charge in [-0.3, -0.25) is 4.79 Å². The minimum absolute atomic E-state index is 0.275. The fraction of sp³-hybridized carbons (Fsp3) is 0.0625. The summed E-state index contributed by atoms with van der Waals surface area (Å²) < 4.78 is 2.65. The van der Waals surface area contributed by atoms with E-state index in [2.05, 4.69) is 31.4 Å². The molecule has 0 atom stereocenters. The minimum Gasteiger partial charge on any atom is -0.326 e.